The van der Waals surface area contributed by atoms with E-state index in [1.807, 2.05) is 6.92 Å². The number of phosphoric ester groups is 1. The summed E-state index contributed by atoms with van der Waals surface area (Å²) in [7, 11) is -4.61. The van der Waals surface area contributed by atoms with Crippen molar-refractivity contribution in [3.63, 3.8) is 0 Å². The maximum Gasteiger partial charge on any atom is 0.265 e. The monoisotopic (exact) mass is 405 g/mol. The quantitative estimate of drug-likeness (QED) is 0.256. The van der Waals surface area contributed by atoms with Crippen molar-refractivity contribution in [1.29, 1.82) is 0 Å². The van der Waals surface area contributed by atoms with Crippen molar-refractivity contribution < 1.29 is 18.9 Å². The molecule has 0 aliphatic heterocycles. The van der Waals surface area contributed by atoms with Crippen molar-refractivity contribution in [1.82, 2.24) is 12.3 Å². The highest BCUT2D eigenvalue weighted by Crippen LogP contribution is 2.29. The number of hydrogen-bond acceptors (Lipinski definition) is 3. The summed E-state index contributed by atoms with van der Waals surface area (Å²) in [5, 5.41) is 0. The molecule has 7 heteroatoms. The molecule has 0 aromatic heterocycles. The van der Waals surface area contributed by atoms with Gasteiger partial charge in [-0.05, 0) is 73.1 Å². The molecule has 0 rings (SSSR count). The van der Waals surface area contributed by atoms with E-state index in [-0.39, 0.29) is 18.9 Å². The van der Waals surface area contributed by atoms with Crippen LogP contribution < -0.4 is 17.2 Å². The van der Waals surface area contributed by atoms with E-state index in [9.17, 15) is 9.46 Å². The van der Waals surface area contributed by atoms with Crippen LogP contribution in [0.15, 0.2) is 46.6 Å². The second kappa shape index (κ2) is 17.1. The molecule has 0 aliphatic rings. The minimum absolute atomic E-state index is 0. The van der Waals surface area contributed by atoms with Crippen LogP contribution in [0.5, 0.6) is 0 Å². The normalized spacial score (nSPS) is 14.7. The van der Waals surface area contributed by atoms with Crippen LogP contribution in [0.25, 0.3) is 0 Å². The zero-order chi connectivity index (χ0) is 19.3. The van der Waals surface area contributed by atoms with E-state index in [4.69, 9.17) is 4.89 Å². The third kappa shape index (κ3) is 23.0. The zero-order valence-corrected chi connectivity index (χ0v) is 19.3. The molecule has 0 saturated heterocycles. The number of phosphoric acid groups is 1. The van der Waals surface area contributed by atoms with Gasteiger partial charge in [-0.15, -0.1) is 0 Å². The van der Waals surface area contributed by atoms with Crippen LogP contribution >= 0.6 is 7.82 Å². The van der Waals surface area contributed by atoms with Gasteiger partial charge >= 0.3 is 0 Å². The molecule has 0 spiro atoms. The van der Waals surface area contributed by atoms with Gasteiger partial charge in [-0.1, -0.05) is 46.6 Å². The van der Waals surface area contributed by atoms with Crippen molar-refractivity contribution >= 4 is 7.82 Å². The highest BCUT2D eigenvalue weighted by molar-refractivity contribution is 7.44. The lowest BCUT2D eigenvalue weighted by Crippen LogP contribution is -2.03. The lowest BCUT2D eigenvalue weighted by atomic mass is 10.0. The van der Waals surface area contributed by atoms with Crippen LogP contribution in [0.2, 0.25) is 0 Å². The van der Waals surface area contributed by atoms with Crippen LogP contribution in [-0.2, 0) is 9.09 Å². The second-order valence-corrected chi connectivity index (χ2v) is 8.01. The van der Waals surface area contributed by atoms with E-state index in [0.717, 1.165) is 44.1 Å². The molecule has 6 nitrogen and oxygen atoms in total. The van der Waals surface area contributed by atoms with Gasteiger partial charge in [0, 0.05) is 0 Å². The SMILES string of the molecule is CC(C)=CCC/C(C)=C/CC/C(C)=C\CC/C(C)=C\COP(=O)([O-])O.[NH4+].[NH4+]. The Labute approximate surface area is 165 Å². The topological polar surface area (TPSA) is 143 Å². The zero-order valence-electron chi connectivity index (χ0n) is 18.4. The van der Waals surface area contributed by atoms with Crippen molar-refractivity contribution in [2.24, 2.45) is 0 Å². The molecule has 0 bridgehead atoms. The largest absolute Gasteiger partial charge is 0.756 e. The van der Waals surface area contributed by atoms with Gasteiger partial charge in [0.2, 0.25) is 0 Å². The smallest absolute Gasteiger partial charge is 0.265 e. The molecule has 1 atom stereocenters. The predicted octanol–water partition coefficient (Wildman–Crippen LogP) is 6.36. The maximum absolute atomic E-state index is 10.5. The van der Waals surface area contributed by atoms with Gasteiger partial charge in [0.25, 0.3) is 7.82 Å². The Morgan fingerprint density at radius 1 is 0.815 bits per heavy atom. The number of quaternary nitrogens is 2. The molecule has 0 amide bonds. The van der Waals surface area contributed by atoms with Gasteiger partial charge in [0.05, 0.1) is 6.61 Å². The Hall–Kier alpha value is -1.01. The van der Waals surface area contributed by atoms with E-state index >= 15 is 0 Å². The summed E-state index contributed by atoms with van der Waals surface area (Å²) in [4.78, 5) is 19.0. The highest BCUT2D eigenvalue weighted by atomic mass is 31.2. The van der Waals surface area contributed by atoms with E-state index in [0.29, 0.717) is 0 Å². The summed E-state index contributed by atoms with van der Waals surface area (Å²) in [5.41, 5.74) is 5.24. The fourth-order valence-corrected chi connectivity index (χ4v) is 2.52. The first-order valence-electron chi connectivity index (χ1n) is 8.88. The van der Waals surface area contributed by atoms with Crippen molar-refractivity contribution in [3.05, 3.63) is 46.6 Å². The first-order chi connectivity index (χ1) is 11.6. The summed E-state index contributed by atoms with van der Waals surface area (Å²) >= 11 is 0. The average molecular weight is 406 g/mol. The molecule has 0 heterocycles. The molecule has 0 fully saturated rings. The molecule has 9 N–H and O–H groups in total. The Bertz CT molecular complexity index is 556. The lowest BCUT2D eigenvalue weighted by molar-refractivity contribution is -0.218. The summed E-state index contributed by atoms with van der Waals surface area (Å²) in [6, 6.07) is 0. The summed E-state index contributed by atoms with van der Waals surface area (Å²) in [6.45, 7) is 10.4. The van der Waals surface area contributed by atoms with Gasteiger partial charge in [0.1, 0.15) is 0 Å². The first-order valence-corrected chi connectivity index (χ1v) is 10.4. The molecule has 0 aliphatic carbocycles. The molecule has 0 radical (unpaired) electrons. The van der Waals surface area contributed by atoms with Crippen LogP contribution in [0.1, 0.15) is 73.1 Å². The minimum Gasteiger partial charge on any atom is -0.756 e. The van der Waals surface area contributed by atoms with Gasteiger partial charge in [-0.3, -0.25) is 4.57 Å². The molecule has 160 valence electrons. The lowest BCUT2D eigenvalue weighted by Gasteiger charge is -2.13. The van der Waals surface area contributed by atoms with E-state index in [1.54, 1.807) is 6.08 Å². The fraction of sp³-hybridized carbons (Fsp3) is 0.600. The second-order valence-electron chi connectivity index (χ2n) is 6.81. The molecule has 1 unspecified atom stereocenters. The van der Waals surface area contributed by atoms with Crippen molar-refractivity contribution in [2.75, 3.05) is 6.61 Å². The number of hydrogen-bond donors (Lipinski definition) is 3. The van der Waals surface area contributed by atoms with Crippen LogP contribution in [0.4, 0.5) is 0 Å². The molecule has 27 heavy (non-hydrogen) atoms. The van der Waals surface area contributed by atoms with Gasteiger partial charge in [0.15, 0.2) is 0 Å². The summed E-state index contributed by atoms with van der Waals surface area (Å²) < 4.78 is 14.8. The van der Waals surface area contributed by atoms with E-state index in [2.05, 4.69) is 50.4 Å². The van der Waals surface area contributed by atoms with Gasteiger partial charge in [-0.25, -0.2) is 0 Å². The first kappa shape index (κ1) is 30.7. The summed E-state index contributed by atoms with van der Waals surface area (Å²) in [6.07, 6.45) is 14.7. The average Bonchev–Trinajstić information content (AvgIpc) is 2.45. The van der Waals surface area contributed by atoms with Gasteiger partial charge in [-0.2, -0.15) is 0 Å². The van der Waals surface area contributed by atoms with Crippen LogP contribution in [0.3, 0.4) is 0 Å². The number of rotatable bonds is 12. The minimum atomic E-state index is -4.61. The number of allylic oxidation sites excluding steroid dienone is 7. The van der Waals surface area contributed by atoms with E-state index < -0.39 is 7.82 Å². The highest BCUT2D eigenvalue weighted by Gasteiger charge is 1.99. The molecule has 0 saturated carbocycles. The van der Waals surface area contributed by atoms with Crippen LogP contribution in [-0.4, -0.2) is 11.5 Å². The van der Waals surface area contributed by atoms with E-state index in [1.165, 1.54) is 16.7 Å². The predicted molar refractivity (Wildman–Crippen MR) is 116 cm³/mol. The van der Waals surface area contributed by atoms with Gasteiger partial charge < -0.3 is 26.6 Å². The molecular weight excluding hydrogens is 363 g/mol. The van der Waals surface area contributed by atoms with Crippen molar-refractivity contribution in [3.8, 4) is 0 Å². The molecular formula is C20H42N2O4P+. The third-order valence-electron chi connectivity index (χ3n) is 3.82. The Balaban J connectivity index is -0.00000288. The Morgan fingerprint density at radius 2 is 1.19 bits per heavy atom. The summed E-state index contributed by atoms with van der Waals surface area (Å²) in [5.74, 6) is 0. The maximum atomic E-state index is 10.5. The molecule has 0 aromatic rings. The standard InChI is InChI=1S/C20H35O4P.2H3N/c1-17(2)9-6-10-18(3)11-7-12-19(4)13-8-14-20(5)15-16-24-25(21,22)23;;/h9,11,13,15H,6-8,10,12,14,16H2,1-5H3,(H2,21,22,23);2*1H3/p+1/b18-11+,19-13-,20-15-;;. The fourth-order valence-electron chi connectivity index (χ4n) is 2.26. The molecule has 0 aromatic carbocycles. The van der Waals surface area contributed by atoms with Crippen molar-refractivity contribution in [2.45, 2.75) is 73.1 Å². The Morgan fingerprint density at radius 3 is 1.56 bits per heavy atom. The third-order valence-corrected chi connectivity index (χ3v) is 4.30. The van der Waals surface area contributed by atoms with Crippen LogP contribution in [0, 0.1) is 0 Å². The Kier molecular flexibility index (Phi) is 19.5.